The molecule has 32 heavy (non-hydrogen) atoms. The van der Waals surface area contributed by atoms with Gasteiger partial charge in [0.15, 0.2) is 11.6 Å². The fourth-order valence-electron chi connectivity index (χ4n) is 3.41. The monoisotopic (exact) mass is 435 g/mol. The largest absolute Gasteiger partial charge is 0.350 e. The number of aryl methyl sites for hydroxylation is 1. The highest BCUT2D eigenvalue weighted by atomic mass is 19.2. The van der Waals surface area contributed by atoms with Crippen LogP contribution in [-0.4, -0.2) is 16.7 Å². The topological polar surface area (TPSA) is 92.6 Å². The van der Waals surface area contributed by atoms with E-state index >= 15 is 0 Å². The predicted octanol–water partition coefficient (Wildman–Crippen LogP) is 4.58. The lowest BCUT2D eigenvalue weighted by Crippen LogP contribution is -2.33. The minimum absolute atomic E-state index is 0.0436. The number of hydrogen-bond donors (Lipinski definition) is 1. The standard InChI is InChI=1S/C23H15F2N3O4/c1-13-4-2-3-5-19(13)27-22(29)20(14-6-9-16(10-7-14)28(31)32)21(23(27)30)26-15-8-11-17(24)18(25)12-15/h2-12,26H,1H3. The van der Waals surface area contributed by atoms with Crippen LogP contribution in [0.5, 0.6) is 0 Å². The Labute approximate surface area is 180 Å². The van der Waals surface area contributed by atoms with Crippen LogP contribution in [0.2, 0.25) is 0 Å². The van der Waals surface area contributed by atoms with E-state index in [0.29, 0.717) is 11.3 Å². The number of halogens is 2. The molecule has 7 nitrogen and oxygen atoms in total. The molecule has 0 saturated carbocycles. The van der Waals surface area contributed by atoms with Gasteiger partial charge in [0.05, 0.1) is 16.2 Å². The summed E-state index contributed by atoms with van der Waals surface area (Å²) in [6, 6.07) is 14.9. The molecule has 0 radical (unpaired) electrons. The lowest BCUT2D eigenvalue weighted by atomic mass is 10.0. The van der Waals surface area contributed by atoms with E-state index in [1.165, 1.54) is 30.3 Å². The van der Waals surface area contributed by atoms with Crippen LogP contribution in [0.3, 0.4) is 0 Å². The van der Waals surface area contributed by atoms with Crippen molar-refractivity contribution in [3.05, 3.63) is 105 Å². The van der Waals surface area contributed by atoms with E-state index in [9.17, 15) is 28.5 Å². The van der Waals surface area contributed by atoms with Crippen LogP contribution in [-0.2, 0) is 9.59 Å². The first-order chi connectivity index (χ1) is 15.3. The van der Waals surface area contributed by atoms with E-state index in [1.54, 1.807) is 31.2 Å². The Balaban J connectivity index is 1.84. The molecular formula is C23H15F2N3O4. The number of anilines is 2. The summed E-state index contributed by atoms with van der Waals surface area (Å²) in [6.07, 6.45) is 0. The van der Waals surface area contributed by atoms with Gasteiger partial charge in [0.25, 0.3) is 17.5 Å². The fraction of sp³-hybridized carbons (Fsp3) is 0.0435. The van der Waals surface area contributed by atoms with Crippen molar-refractivity contribution in [3.63, 3.8) is 0 Å². The summed E-state index contributed by atoms with van der Waals surface area (Å²) in [6.45, 7) is 1.74. The summed E-state index contributed by atoms with van der Waals surface area (Å²) < 4.78 is 27.0. The number of carbonyl (C=O) groups is 2. The minimum Gasteiger partial charge on any atom is -0.350 e. The average molecular weight is 435 g/mol. The van der Waals surface area contributed by atoms with Crippen molar-refractivity contribution in [2.45, 2.75) is 6.92 Å². The zero-order chi connectivity index (χ0) is 23.0. The van der Waals surface area contributed by atoms with Crippen molar-refractivity contribution in [2.75, 3.05) is 10.2 Å². The van der Waals surface area contributed by atoms with E-state index in [1.807, 2.05) is 0 Å². The highest BCUT2D eigenvalue weighted by Crippen LogP contribution is 2.35. The molecule has 0 bridgehead atoms. The number of carbonyl (C=O) groups excluding carboxylic acids is 2. The smallest absolute Gasteiger partial charge is 0.282 e. The molecule has 4 rings (SSSR count). The molecule has 2 amide bonds. The Morgan fingerprint density at radius 3 is 2.22 bits per heavy atom. The van der Waals surface area contributed by atoms with Crippen molar-refractivity contribution in [1.29, 1.82) is 0 Å². The van der Waals surface area contributed by atoms with Gasteiger partial charge in [0, 0.05) is 23.9 Å². The van der Waals surface area contributed by atoms with Crippen molar-refractivity contribution in [1.82, 2.24) is 0 Å². The highest BCUT2D eigenvalue weighted by Gasteiger charge is 2.41. The van der Waals surface area contributed by atoms with E-state index < -0.39 is 28.4 Å². The zero-order valence-corrected chi connectivity index (χ0v) is 16.6. The summed E-state index contributed by atoms with van der Waals surface area (Å²) in [5, 5.41) is 13.7. The van der Waals surface area contributed by atoms with Crippen LogP contribution in [0.4, 0.5) is 25.8 Å². The van der Waals surface area contributed by atoms with Crippen LogP contribution in [0, 0.1) is 28.7 Å². The Hall–Kier alpha value is -4.40. The number of hydrogen-bond acceptors (Lipinski definition) is 5. The van der Waals surface area contributed by atoms with Crippen molar-refractivity contribution < 1.29 is 23.3 Å². The second kappa shape index (κ2) is 8.03. The SMILES string of the molecule is Cc1ccccc1N1C(=O)C(Nc2ccc(F)c(F)c2)=C(c2ccc([N+](=O)[O-])cc2)C1=O. The number of amides is 2. The number of nitrogens with zero attached hydrogens (tertiary/aromatic N) is 2. The van der Waals surface area contributed by atoms with Crippen LogP contribution < -0.4 is 10.2 Å². The molecule has 1 heterocycles. The third kappa shape index (κ3) is 3.60. The van der Waals surface area contributed by atoms with Crippen LogP contribution in [0.15, 0.2) is 72.4 Å². The number of para-hydroxylation sites is 1. The molecule has 1 aliphatic heterocycles. The number of non-ortho nitro benzene ring substituents is 1. The molecule has 3 aromatic carbocycles. The predicted molar refractivity (Wildman–Crippen MR) is 114 cm³/mol. The van der Waals surface area contributed by atoms with Crippen molar-refractivity contribution in [2.24, 2.45) is 0 Å². The highest BCUT2D eigenvalue weighted by molar-refractivity contribution is 6.46. The molecule has 0 spiro atoms. The molecule has 9 heteroatoms. The minimum atomic E-state index is -1.12. The first kappa shape index (κ1) is 20.9. The summed E-state index contributed by atoms with van der Waals surface area (Å²) in [4.78, 5) is 38.0. The van der Waals surface area contributed by atoms with E-state index in [-0.39, 0.29) is 28.2 Å². The maximum Gasteiger partial charge on any atom is 0.282 e. The Kier molecular flexibility index (Phi) is 5.23. The summed E-state index contributed by atoms with van der Waals surface area (Å²) >= 11 is 0. The maximum atomic E-state index is 13.7. The average Bonchev–Trinajstić information content (AvgIpc) is 3.01. The molecule has 0 saturated heterocycles. The van der Waals surface area contributed by atoms with Crippen molar-refractivity contribution >= 4 is 34.4 Å². The third-order valence-corrected chi connectivity index (χ3v) is 5.00. The normalized spacial score (nSPS) is 13.7. The molecule has 1 aliphatic rings. The van der Waals surface area contributed by atoms with Gasteiger partial charge in [-0.25, -0.2) is 13.7 Å². The first-order valence-corrected chi connectivity index (χ1v) is 9.43. The lowest BCUT2D eigenvalue weighted by molar-refractivity contribution is -0.384. The molecule has 0 unspecified atom stereocenters. The second-order valence-electron chi connectivity index (χ2n) is 7.04. The third-order valence-electron chi connectivity index (χ3n) is 5.00. The quantitative estimate of drug-likeness (QED) is 0.360. The van der Waals surface area contributed by atoms with Gasteiger partial charge in [-0.2, -0.15) is 0 Å². The number of imide groups is 1. The summed E-state index contributed by atoms with van der Waals surface area (Å²) in [5.74, 6) is -3.53. The molecule has 3 aromatic rings. The van der Waals surface area contributed by atoms with Gasteiger partial charge in [0.2, 0.25) is 0 Å². The number of rotatable bonds is 5. The van der Waals surface area contributed by atoms with Crippen LogP contribution in [0.1, 0.15) is 11.1 Å². The number of benzene rings is 3. The zero-order valence-electron chi connectivity index (χ0n) is 16.6. The van der Waals surface area contributed by atoms with Gasteiger partial charge < -0.3 is 5.32 Å². The molecule has 160 valence electrons. The second-order valence-corrected chi connectivity index (χ2v) is 7.04. The molecule has 0 aliphatic carbocycles. The van der Waals surface area contributed by atoms with Gasteiger partial charge in [-0.1, -0.05) is 18.2 Å². The van der Waals surface area contributed by atoms with E-state index in [2.05, 4.69) is 5.32 Å². The van der Waals surface area contributed by atoms with Crippen molar-refractivity contribution in [3.8, 4) is 0 Å². The Bertz CT molecular complexity index is 1300. The molecular weight excluding hydrogens is 420 g/mol. The number of nitro benzene ring substituents is 1. The summed E-state index contributed by atoms with van der Waals surface area (Å²) in [5.41, 5.74) is 0.976. The van der Waals surface area contributed by atoms with E-state index in [0.717, 1.165) is 17.0 Å². The molecule has 0 aromatic heterocycles. The molecule has 0 atom stereocenters. The van der Waals surface area contributed by atoms with Crippen LogP contribution in [0.25, 0.3) is 5.57 Å². The molecule has 0 fully saturated rings. The lowest BCUT2D eigenvalue weighted by Gasteiger charge is -2.17. The fourth-order valence-corrected chi connectivity index (χ4v) is 3.41. The van der Waals surface area contributed by atoms with Gasteiger partial charge in [-0.05, 0) is 48.4 Å². The van der Waals surface area contributed by atoms with Crippen LogP contribution >= 0.6 is 0 Å². The Morgan fingerprint density at radius 2 is 1.59 bits per heavy atom. The number of nitrogens with one attached hydrogen (secondary N) is 1. The molecule has 1 N–H and O–H groups in total. The van der Waals surface area contributed by atoms with Gasteiger partial charge in [0.1, 0.15) is 5.70 Å². The van der Waals surface area contributed by atoms with Gasteiger partial charge in [-0.15, -0.1) is 0 Å². The first-order valence-electron chi connectivity index (χ1n) is 9.43. The van der Waals surface area contributed by atoms with Gasteiger partial charge >= 0.3 is 0 Å². The maximum absolute atomic E-state index is 13.7. The Morgan fingerprint density at radius 1 is 0.906 bits per heavy atom. The summed E-state index contributed by atoms with van der Waals surface area (Å²) in [7, 11) is 0. The number of nitro groups is 1. The van der Waals surface area contributed by atoms with Gasteiger partial charge in [-0.3, -0.25) is 19.7 Å². The van der Waals surface area contributed by atoms with E-state index in [4.69, 9.17) is 0 Å².